The first kappa shape index (κ1) is 14.1. The summed E-state index contributed by atoms with van der Waals surface area (Å²) in [6, 6.07) is 6.55. The Morgan fingerprint density at radius 3 is 2.24 bits per heavy atom. The van der Waals surface area contributed by atoms with Crippen LogP contribution in [0, 0.1) is 0 Å². The van der Waals surface area contributed by atoms with Gasteiger partial charge >= 0.3 is 0 Å². The van der Waals surface area contributed by atoms with Crippen LogP contribution < -0.4 is 5.73 Å². The maximum absolute atomic E-state index is 12.6. The first-order valence-electron chi connectivity index (χ1n) is 5.96. The summed E-state index contributed by atoms with van der Waals surface area (Å²) in [5.74, 6) is 0. The van der Waals surface area contributed by atoms with Gasteiger partial charge in [0.2, 0.25) is 0 Å². The second-order valence-electron chi connectivity index (χ2n) is 3.94. The molecule has 0 saturated carbocycles. The van der Waals surface area contributed by atoms with Gasteiger partial charge in [0.05, 0.1) is 0 Å². The van der Waals surface area contributed by atoms with Crippen molar-refractivity contribution in [3.8, 4) is 0 Å². The molecular formula is C13H20F2N2. The Hall–Kier alpha value is -1.00. The average Bonchev–Trinajstić information content (AvgIpc) is 2.35. The lowest BCUT2D eigenvalue weighted by molar-refractivity contribution is 0.151. The Labute approximate surface area is 101 Å². The van der Waals surface area contributed by atoms with E-state index in [0.29, 0.717) is 6.54 Å². The molecule has 1 rings (SSSR count). The first-order valence-corrected chi connectivity index (χ1v) is 5.96. The zero-order valence-electron chi connectivity index (χ0n) is 10.4. The van der Waals surface area contributed by atoms with Gasteiger partial charge in [-0.3, -0.25) is 4.90 Å². The highest BCUT2D eigenvalue weighted by atomic mass is 19.3. The molecule has 0 saturated heterocycles. The lowest BCUT2D eigenvalue weighted by Crippen LogP contribution is -2.33. The highest BCUT2D eigenvalue weighted by Crippen LogP contribution is 2.25. The van der Waals surface area contributed by atoms with E-state index < -0.39 is 6.43 Å². The Balaban J connectivity index is 2.99. The fourth-order valence-corrected chi connectivity index (χ4v) is 2.06. The second kappa shape index (κ2) is 6.67. The summed E-state index contributed by atoms with van der Waals surface area (Å²) in [5, 5.41) is 0. The third kappa shape index (κ3) is 3.48. The molecule has 2 nitrogen and oxygen atoms in total. The zero-order valence-corrected chi connectivity index (χ0v) is 10.4. The van der Waals surface area contributed by atoms with Crippen LogP contribution in [0.2, 0.25) is 0 Å². The number of hydrogen-bond acceptors (Lipinski definition) is 2. The molecule has 0 radical (unpaired) electrons. The van der Waals surface area contributed by atoms with Gasteiger partial charge < -0.3 is 5.73 Å². The summed E-state index contributed by atoms with van der Waals surface area (Å²) in [7, 11) is 0. The van der Waals surface area contributed by atoms with E-state index in [4.69, 9.17) is 5.73 Å². The number of rotatable bonds is 6. The fraction of sp³-hybridized carbons (Fsp3) is 0.538. The predicted molar refractivity (Wildman–Crippen MR) is 66.1 cm³/mol. The molecule has 96 valence electrons. The minimum absolute atomic E-state index is 0.0173. The molecule has 0 spiro atoms. The normalized spacial score (nSPS) is 13.4. The van der Waals surface area contributed by atoms with Crippen LogP contribution in [0.3, 0.4) is 0 Å². The van der Waals surface area contributed by atoms with Crippen LogP contribution in [0.25, 0.3) is 0 Å². The smallest absolute Gasteiger partial charge is 0.263 e. The van der Waals surface area contributed by atoms with Crippen molar-refractivity contribution in [3.63, 3.8) is 0 Å². The molecular weight excluding hydrogens is 222 g/mol. The van der Waals surface area contributed by atoms with E-state index >= 15 is 0 Å². The number of alkyl halides is 2. The van der Waals surface area contributed by atoms with Crippen molar-refractivity contribution in [2.24, 2.45) is 5.73 Å². The molecule has 0 aliphatic rings. The van der Waals surface area contributed by atoms with Crippen LogP contribution >= 0.6 is 0 Å². The van der Waals surface area contributed by atoms with Crippen molar-refractivity contribution in [3.05, 3.63) is 35.4 Å². The van der Waals surface area contributed by atoms with Gasteiger partial charge in [0.25, 0.3) is 6.43 Å². The second-order valence-corrected chi connectivity index (χ2v) is 3.94. The monoisotopic (exact) mass is 242 g/mol. The molecule has 0 aromatic heterocycles. The van der Waals surface area contributed by atoms with Crippen LogP contribution in [0.5, 0.6) is 0 Å². The molecule has 0 amide bonds. The van der Waals surface area contributed by atoms with Crippen molar-refractivity contribution in [1.29, 1.82) is 0 Å². The van der Waals surface area contributed by atoms with Gasteiger partial charge in [-0.05, 0) is 24.7 Å². The van der Waals surface area contributed by atoms with Crippen molar-refractivity contribution in [2.75, 3.05) is 19.6 Å². The van der Waals surface area contributed by atoms with Crippen molar-refractivity contribution >= 4 is 0 Å². The van der Waals surface area contributed by atoms with E-state index in [1.807, 2.05) is 19.9 Å². The fourth-order valence-electron chi connectivity index (χ4n) is 2.06. The maximum atomic E-state index is 12.6. The lowest BCUT2D eigenvalue weighted by atomic mass is 10.0. The van der Waals surface area contributed by atoms with Gasteiger partial charge in [0.1, 0.15) is 0 Å². The van der Waals surface area contributed by atoms with Gasteiger partial charge in [0.15, 0.2) is 0 Å². The highest BCUT2D eigenvalue weighted by molar-refractivity contribution is 5.27. The summed E-state index contributed by atoms with van der Waals surface area (Å²) in [6.45, 7) is 6.25. The van der Waals surface area contributed by atoms with Crippen LogP contribution in [0.15, 0.2) is 24.3 Å². The number of hydrogen-bond donors (Lipinski definition) is 1. The summed E-state index contributed by atoms with van der Waals surface area (Å²) >= 11 is 0. The Kier molecular flexibility index (Phi) is 5.51. The van der Waals surface area contributed by atoms with Crippen molar-refractivity contribution < 1.29 is 8.78 Å². The summed E-state index contributed by atoms with van der Waals surface area (Å²) in [4.78, 5) is 2.17. The molecule has 1 aromatic carbocycles. The van der Waals surface area contributed by atoms with Crippen LogP contribution in [0.1, 0.15) is 37.4 Å². The Morgan fingerprint density at radius 1 is 1.18 bits per heavy atom. The molecule has 0 bridgehead atoms. The van der Waals surface area contributed by atoms with E-state index in [-0.39, 0.29) is 11.6 Å². The molecule has 1 atom stereocenters. The summed E-state index contributed by atoms with van der Waals surface area (Å²) < 4.78 is 25.3. The molecule has 0 fully saturated rings. The van der Waals surface area contributed by atoms with Crippen LogP contribution in [-0.4, -0.2) is 24.5 Å². The summed E-state index contributed by atoms with van der Waals surface area (Å²) in [6.07, 6.45) is -2.43. The number of halogens is 2. The number of likely N-dealkylation sites (N-methyl/N-ethyl adjacent to an activating group) is 1. The molecule has 1 unspecified atom stereocenters. The molecule has 0 heterocycles. The first-order chi connectivity index (χ1) is 8.13. The standard InChI is InChI=1S/C13H20F2N2/c1-3-17(4-2)12(9-16)10-6-5-7-11(8-10)13(14)15/h5-8,12-13H,3-4,9,16H2,1-2H3. The predicted octanol–water partition coefficient (Wildman–Crippen LogP) is 2.97. The van der Waals surface area contributed by atoms with Gasteiger partial charge in [-0.2, -0.15) is 0 Å². The van der Waals surface area contributed by atoms with E-state index in [2.05, 4.69) is 4.90 Å². The van der Waals surface area contributed by atoms with E-state index in [1.54, 1.807) is 12.1 Å². The molecule has 0 aliphatic heterocycles. The third-order valence-electron chi connectivity index (χ3n) is 3.02. The Bertz CT molecular complexity index is 338. The van der Waals surface area contributed by atoms with E-state index in [9.17, 15) is 8.78 Å². The number of nitrogens with zero attached hydrogens (tertiary/aromatic N) is 1. The molecule has 1 aromatic rings. The van der Waals surface area contributed by atoms with Crippen molar-refractivity contribution in [1.82, 2.24) is 4.90 Å². The largest absolute Gasteiger partial charge is 0.329 e. The van der Waals surface area contributed by atoms with Crippen LogP contribution in [0.4, 0.5) is 8.78 Å². The number of nitrogens with two attached hydrogens (primary N) is 1. The molecule has 17 heavy (non-hydrogen) atoms. The quantitative estimate of drug-likeness (QED) is 0.831. The van der Waals surface area contributed by atoms with Gasteiger partial charge in [0, 0.05) is 18.2 Å². The van der Waals surface area contributed by atoms with E-state index in [1.165, 1.54) is 6.07 Å². The van der Waals surface area contributed by atoms with Crippen LogP contribution in [-0.2, 0) is 0 Å². The Morgan fingerprint density at radius 2 is 1.76 bits per heavy atom. The van der Waals surface area contributed by atoms with Crippen molar-refractivity contribution in [2.45, 2.75) is 26.3 Å². The average molecular weight is 242 g/mol. The van der Waals surface area contributed by atoms with Gasteiger partial charge in [-0.15, -0.1) is 0 Å². The lowest BCUT2D eigenvalue weighted by Gasteiger charge is -2.29. The maximum Gasteiger partial charge on any atom is 0.263 e. The zero-order chi connectivity index (χ0) is 12.8. The third-order valence-corrected chi connectivity index (χ3v) is 3.02. The highest BCUT2D eigenvalue weighted by Gasteiger charge is 2.17. The number of benzene rings is 1. The minimum Gasteiger partial charge on any atom is -0.329 e. The molecule has 0 aliphatic carbocycles. The summed E-state index contributed by atoms with van der Waals surface area (Å²) in [5.41, 5.74) is 6.69. The topological polar surface area (TPSA) is 29.3 Å². The van der Waals surface area contributed by atoms with E-state index in [0.717, 1.165) is 18.7 Å². The minimum atomic E-state index is -2.43. The van der Waals surface area contributed by atoms with Gasteiger partial charge in [-0.1, -0.05) is 32.0 Å². The SMILES string of the molecule is CCN(CC)C(CN)c1cccc(C(F)F)c1. The van der Waals surface area contributed by atoms with Gasteiger partial charge in [-0.25, -0.2) is 8.78 Å². The molecule has 4 heteroatoms. The molecule has 2 N–H and O–H groups in total.